The van der Waals surface area contributed by atoms with E-state index in [1.807, 2.05) is 0 Å². The van der Waals surface area contributed by atoms with Crippen molar-refractivity contribution in [3.05, 3.63) is 67.6 Å². The molecule has 4 amide bonds. The first-order valence-electron chi connectivity index (χ1n) is 8.46. The second-order valence-corrected chi connectivity index (χ2v) is 7.99. The number of carboxylic acid groups (broad SMARTS) is 1. The number of imide groups is 2. The fourth-order valence-corrected chi connectivity index (χ4v) is 4.06. The number of carbonyl (C=O) groups is 4. The zero-order valence-corrected chi connectivity index (χ0v) is 18.6. The van der Waals surface area contributed by atoms with Crippen molar-refractivity contribution >= 4 is 61.8 Å². The molecule has 1 heterocycles. The van der Waals surface area contributed by atoms with E-state index >= 15 is 0 Å². The predicted octanol–water partition coefficient (Wildman–Crippen LogP) is 3.58. The lowest BCUT2D eigenvalue weighted by molar-refractivity contribution is -0.129. The van der Waals surface area contributed by atoms with Gasteiger partial charge in [-0.3, -0.25) is 19.8 Å². The predicted molar refractivity (Wildman–Crippen MR) is 114 cm³/mol. The molecule has 2 N–H and O–H groups in total. The maximum Gasteiger partial charge on any atom is 0.335 e. The fraction of sp³-hybridized carbons (Fsp3) is 0.100. The summed E-state index contributed by atoms with van der Waals surface area (Å²) in [5.41, 5.74) is 1.34. The fourth-order valence-electron chi connectivity index (χ4n) is 2.61. The van der Waals surface area contributed by atoms with E-state index in [-0.39, 0.29) is 17.7 Å². The monoisotopic (exact) mass is 536 g/mol. The number of amides is 4. The molecule has 1 aliphatic rings. The summed E-state index contributed by atoms with van der Waals surface area (Å²) in [4.78, 5) is 47.4. The smallest absolute Gasteiger partial charge is 0.335 e. The largest absolute Gasteiger partial charge is 0.487 e. The van der Waals surface area contributed by atoms with Crippen molar-refractivity contribution < 1.29 is 29.0 Å². The maximum absolute atomic E-state index is 12.2. The molecule has 2 aromatic rings. The summed E-state index contributed by atoms with van der Waals surface area (Å²) in [5, 5.41) is 11.0. The van der Waals surface area contributed by atoms with E-state index in [2.05, 4.69) is 37.2 Å². The normalized spacial score (nSPS) is 15.4. The number of likely N-dealkylation sites (N-methyl/N-ethyl adjacent to an activating group) is 1. The van der Waals surface area contributed by atoms with Crippen molar-refractivity contribution in [2.75, 3.05) is 7.05 Å². The molecule has 2 aromatic carbocycles. The average Bonchev–Trinajstić information content (AvgIpc) is 2.69. The summed E-state index contributed by atoms with van der Waals surface area (Å²) in [6, 6.07) is 8.87. The lowest BCUT2D eigenvalue weighted by Gasteiger charge is -2.22. The molecule has 0 unspecified atom stereocenters. The molecule has 30 heavy (non-hydrogen) atoms. The Hall–Kier alpha value is -2.98. The Balaban J connectivity index is 1.80. The second kappa shape index (κ2) is 8.80. The molecule has 0 radical (unpaired) electrons. The number of nitrogens with one attached hydrogen (secondary N) is 1. The molecular formula is C20H14Br2N2O6. The number of hydrogen-bond acceptors (Lipinski definition) is 5. The third-order valence-electron chi connectivity index (χ3n) is 4.22. The van der Waals surface area contributed by atoms with Crippen molar-refractivity contribution in [1.29, 1.82) is 0 Å². The summed E-state index contributed by atoms with van der Waals surface area (Å²) < 4.78 is 6.95. The molecular weight excluding hydrogens is 524 g/mol. The molecule has 3 rings (SSSR count). The summed E-state index contributed by atoms with van der Waals surface area (Å²) in [6.45, 7) is 0.200. The maximum atomic E-state index is 12.2. The van der Waals surface area contributed by atoms with E-state index in [0.717, 1.165) is 10.5 Å². The molecule has 0 aliphatic carbocycles. The first kappa shape index (κ1) is 21.7. The minimum atomic E-state index is -1.00. The van der Waals surface area contributed by atoms with Gasteiger partial charge < -0.3 is 9.84 Å². The van der Waals surface area contributed by atoms with Crippen LogP contribution in [0, 0.1) is 0 Å². The first-order chi connectivity index (χ1) is 14.2. The molecule has 1 saturated heterocycles. The number of aromatic carboxylic acids is 1. The molecule has 0 atom stereocenters. The van der Waals surface area contributed by atoms with Gasteiger partial charge in [-0.25, -0.2) is 9.59 Å². The van der Waals surface area contributed by atoms with Crippen LogP contribution in [0.4, 0.5) is 4.79 Å². The zero-order valence-electron chi connectivity index (χ0n) is 15.4. The summed E-state index contributed by atoms with van der Waals surface area (Å²) in [5.74, 6) is -1.97. The van der Waals surface area contributed by atoms with E-state index < -0.39 is 23.8 Å². The summed E-state index contributed by atoms with van der Waals surface area (Å²) in [6.07, 6.45) is 1.38. The number of hydrogen-bond donors (Lipinski definition) is 2. The quantitative estimate of drug-likeness (QED) is 0.445. The molecule has 8 nitrogen and oxygen atoms in total. The highest BCUT2D eigenvalue weighted by Crippen LogP contribution is 2.36. The lowest BCUT2D eigenvalue weighted by Crippen LogP contribution is -2.52. The average molecular weight is 538 g/mol. The Morgan fingerprint density at radius 1 is 1.13 bits per heavy atom. The molecule has 1 aliphatic heterocycles. The lowest BCUT2D eigenvalue weighted by atomic mass is 10.1. The van der Waals surface area contributed by atoms with E-state index in [9.17, 15) is 19.2 Å². The van der Waals surface area contributed by atoms with Gasteiger partial charge in [0.25, 0.3) is 11.8 Å². The Morgan fingerprint density at radius 2 is 1.73 bits per heavy atom. The van der Waals surface area contributed by atoms with Gasteiger partial charge in [-0.1, -0.05) is 12.1 Å². The van der Waals surface area contributed by atoms with Crippen LogP contribution in [0.25, 0.3) is 6.08 Å². The van der Waals surface area contributed by atoms with Crippen LogP contribution in [-0.4, -0.2) is 40.9 Å². The second-order valence-electron chi connectivity index (χ2n) is 6.29. The number of benzene rings is 2. The Bertz CT molecular complexity index is 1070. The van der Waals surface area contributed by atoms with E-state index in [1.54, 1.807) is 24.3 Å². The standard InChI is InChI=1S/C20H14Br2N2O6/c1-24-18(26)13(17(25)23-20(24)29)6-11-7-14(21)16(15(22)8-11)30-9-10-2-4-12(5-3-10)19(27)28/h2-8H,9H2,1H3,(H,27,28)(H,23,25,29)/b13-6+. The highest BCUT2D eigenvalue weighted by atomic mass is 79.9. The molecule has 0 spiro atoms. The summed E-state index contributed by atoms with van der Waals surface area (Å²) >= 11 is 6.81. The number of nitrogens with zero attached hydrogens (tertiary/aromatic N) is 1. The van der Waals surface area contributed by atoms with Crippen LogP contribution in [-0.2, 0) is 16.2 Å². The Kier molecular flexibility index (Phi) is 6.37. The van der Waals surface area contributed by atoms with Gasteiger partial charge in [0, 0.05) is 7.05 Å². The Labute approximate surface area is 187 Å². The molecule has 0 bridgehead atoms. The third-order valence-corrected chi connectivity index (χ3v) is 5.40. The minimum absolute atomic E-state index is 0.164. The van der Waals surface area contributed by atoms with Gasteiger partial charge >= 0.3 is 12.0 Å². The molecule has 154 valence electrons. The SMILES string of the molecule is CN1C(=O)NC(=O)/C(=C\c2cc(Br)c(OCc3ccc(C(=O)O)cc3)c(Br)c2)C1=O. The molecule has 10 heteroatoms. The number of barbiturate groups is 1. The van der Waals surface area contributed by atoms with Gasteiger partial charge in [0.15, 0.2) is 0 Å². The van der Waals surface area contributed by atoms with Gasteiger partial charge in [-0.2, -0.15) is 0 Å². The van der Waals surface area contributed by atoms with Crippen molar-refractivity contribution in [2.24, 2.45) is 0 Å². The van der Waals surface area contributed by atoms with Crippen molar-refractivity contribution in [3.8, 4) is 5.75 Å². The van der Waals surface area contributed by atoms with Gasteiger partial charge in [-0.05, 0) is 73.3 Å². The topological polar surface area (TPSA) is 113 Å². The van der Waals surface area contributed by atoms with Crippen LogP contribution in [0.2, 0.25) is 0 Å². The number of halogens is 2. The number of carbonyl (C=O) groups excluding carboxylic acids is 3. The van der Waals surface area contributed by atoms with Gasteiger partial charge in [0.2, 0.25) is 0 Å². The van der Waals surface area contributed by atoms with Gasteiger partial charge in [0.1, 0.15) is 17.9 Å². The van der Waals surface area contributed by atoms with Gasteiger partial charge in [0.05, 0.1) is 14.5 Å². The number of rotatable bonds is 5. The van der Waals surface area contributed by atoms with Crippen LogP contribution in [0.5, 0.6) is 5.75 Å². The summed E-state index contributed by atoms with van der Waals surface area (Å²) in [7, 11) is 1.28. The Morgan fingerprint density at radius 3 is 2.30 bits per heavy atom. The molecule has 0 saturated carbocycles. The van der Waals surface area contributed by atoms with Crippen molar-refractivity contribution in [2.45, 2.75) is 6.61 Å². The molecule has 1 fully saturated rings. The van der Waals surface area contributed by atoms with Crippen LogP contribution in [0.15, 0.2) is 50.9 Å². The van der Waals surface area contributed by atoms with Crippen molar-refractivity contribution in [3.63, 3.8) is 0 Å². The number of ether oxygens (including phenoxy) is 1. The zero-order chi connectivity index (χ0) is 22.0. The highest BCUT2D eigenvalue weighted by Gasteiger charge is 2.33. The van der Waals surface area contributed by atoms with E-state index in [1.165, 1.54) is 25.3 Å². The van der Waals surface area contributed by atoms with Crippen LogP contribution in [0.3, 0.4) is 0 Å². The van der Waals surface area contributed by atoms with E-state index in [4.69, 9.17) is 9.84 Å². The van der Waals surface area contributed by atoms with Crippen LogP contribution < -0.4 is 10.1 Å². The van der Waals surface area contributed by atoms with Crippen molar-refractivity contribution in [1.82, 2.24) is 10.2 Å². The third kappa shape index (κ3) is 4.60. The van der Waals surface area contributed by atoms with Crippen LogP contribution in [0.1, 0.15) is 21.5 Å². The highest BCUT2D eigenvalue weighted by molar-refractivity contribution is 9.11. The van der Waals surface area contributed by atoms with E-state index in [0.29, 0.717) is 20.3 Å². The number of carboxylic acids is 1. The minimum Gasteiger partial charge on any atom is -0.487 e. The first-order valence-corrected chi connectivity index (χ1v) is 10.0. The van der Waals surface area contributed by atoms with Gasteiger partial charge in [-0.15, -0.1) is 0 Å². The molecule has 0 aromatic heterocycles. The number of urea groups is 1. The van der Waals surface area contributed by atoms with Crippen LogP contribution >= 0.6 is 31.9 Å².